The van der Waals surface area contributed by atoms with Crippen LogP contribution in [0.2, 0.25) is 0 Å². The Bertz CT molecular complexity index is 1660. The van der Waals surface area contributed by atoms with Crippen LogP contribution in [-0.2, 0) is 4.84 Å². The molecule has 0 N–H and O–H groups in total. The Hall–Kier alpha value is -4.86. The first-order valence-corrected chi connectivity index (χ1v) is 13.3. The van der Waals surface area contributed by atoms with Gasteiger partial charge >= 0.3 is 0 Å². The van der Waals surface area contributed by atoms with Gasteiger partial charge in [0.25, 0.3) is 0 Å². The minimum absolute atomic E-state index is 0.222. The van der Waals surface area contributed by atoms with Gasteiger partial charge in [-0.05, 0) is 23.3 Å². The number of anilines is 1. The van der Waals surface area contributed by atoms with E-state index < -0.39 is 0 Å². The van der Waals surface area contributed by atoms with Crippen LogP contribution in [0.15, 0.2) is 156 Å². The molecule has 0 spiro atoms. The first-order chi connectivity index (χ1) is 19.4. The summed E-state index contributed by atoms with van der Waals surface area (Å²) in [6.07, 6.45) is -0.363. The molecule has 188 valence electrons. The highest BCUT2D eigenvalue weighted by Gasteiger charge is 2.43. The molecule has 0 amide bonds. The Labute approximate surface area is 228 Å². The van der Waals surface area contributed by atoms with Gasteiger partial charge in [-0.2, -0.15) is 0 Å². The third kappa shape index (κ3) is 4.23. The highest BCUT2D eigenvalue weighted by atomic mass is 16.7. The van der Waals surface area contributed by atoms with Crippen molar-refractivity contribution in [1.29, 1.82) is 0 Å². The quantitative estimate of drug-likeness (QED) is 0.233. The summed E-state index contributed by atoms with van der Waals surface area (Å²) in [6.45, 7) is 0. The molecular formula is C36H27NO2. The molecule has 0 bridgehead atoms. The van der Waals surface area contributed by atoms with Crippen molar-refractivity contribution in [3.05, 3.63) is 174 Å². The summed E-state index contributed by atoms with van der Waals surface area (Å²) in [5.74, 6) is 1.70. The predicted molar refractivity (Wildman–Crippen MR) is 156 cm³/mol. The third-order valence-electron chi connectivity index (χ3n) is 7.27. The number of fused-ring (bicyclic) bond motifs is 1. The summed E-state index contributed by atoms with van der Waals surface area (Å²) in [5, 5.41) is 2.06. The standard InChI is InChI=1S/C36H27NO2/c1-6-16-26(17-7-1)33-31-32(35(28-20-10-3-11-21-28)38-34(31)27-18-8-2-9-19-27)36(29-22-12-4-13-23-29)39-37(33)30-24-14-5-15-25-30/h1-25,33,36H/t33-,36+/m1/s1. The molecule has 2 atom stereocenters. The van der Waals surface area contributed by atoms with E-state index in [4.69, 9.17) is 9.25 Å². The summed E-state index contributed by atoms with van der Waals surface area (Å²) in [4.78, 5) is 7.04. The van der Waals surface area contributed by atoms with Gasteiger partial charge in [-0.1, -0.05) is 140 Å². The van der Waals surface area contributed by atoms with Crippen molar-refractivity contribution in [2.45, 2.75) is 12.1 Å². The van der Waals surface area contributed by atoms with Crippen molar-refractivity contribution in [3.63, 3.8) is 0 Å². The number of rotatable bonds is 5. The number of nitrogens with zero attached hydrogens (tertiary/aromatic N) is 1. The zero-order valence-electron chi connectivity index (χ0n) is 21.4. The third-order valence-corrected chi connectivity index (χ3v) is 7.27. The molecule has 0 radical (unpaired) electrons. The topological polar surface area (TPSA) is 25.6 Å². The fourth-order valence-electron chi connectivity index (χ4n) is 5.52. The molecule has 0 saturated heterocycles. The normalized spacial score (nSPS) is 16.6. The summed E-state index contributed by atoms with van der Waals surface area (Å²) in [7, 11) is 0. The van der Waals surface area contributed by atoms with Crippen LogP contribution in [0.5, 0.6) is 0 Å². The second kappa shape index (κ2) is 10.1. The van der Waals surface area contributed by atoms with Crippen molar-refractivity contribution >= 4 is 5.69 Å². The lowest BCUT2D eigenvalue weighted by atomic mass is 9.86. The van der Waals surface area contributed by atoms with E-state index in [0.29, 0.717) is 0 Å². The molecule has 1 aliphatic rings. The molecule has 0 saturated carbocycles. The van der Waals surface area contributed by atoms with E-state index in [1.807, 2.05) is 24.3 Å². The van der Waals surface area contributed by atoms with Gasteiger partial charge in [-0.15, -0.1) is 0 Å². The molecule has 39 heavy (non-hydrogen) atoms. The molecule has 5 aromatic carbocycles. The molecule has 0 unspecified atom stereocenters. The maximum atomic E-state index is 7.04. The Kier molecular flexibility index (Phi) is 6.04. The van der Waals surface area contributed by atoms with Crippen LogP contribution >= 0.6 is 0 Å². The number of benzene rings is 5. The van der Waals surface area contributed by atoms with Crippen LogP contribution in [0.25, 0.3) is 22.6 Å². The van der Waals surface area contributed by atoms with Gasteiger partial charge < -0.3 is 4.42 Å². The second-order valence-corrected chi connectivity index (χ2v) is 9.69. The maximum Gasteiger partial charge on any atom is 0.141 e. The van der Waals surface area contributed by atoms with Crippen LogP contribution in [0, 0.1) is 0 Å². The lowest BCUT2D eigenvalue weighted by Crippen LogP contribution is -2.37. The maximum absolute atomic E-state index is 7.04. The molecule has 1 aliphatic heterocycles. The van der Waals surface area contributed by atoms with Gasteiger partial charge in [-0.3, -0.25) is 4.84 Å². The van der Waals surface area contributed by atoms with E-state index in [2.05, 4.69) is 132 Å². The van der Waals surface area contributed by atoms with Gasteiger partial charge in [0, 0.05) is 22.3 Å². The molecule has 7 rings (SSSR count). The molecule has 3 nitrogen and oxygen atoms in total. The molecule has 0 fully saturated rings. The number of furan rings is 1. The average molecular weight is 506 g/mol. The highest BCUT2D eigenvalue weighted by Crippen LogP contribution is 2.53. The van der Waals surface area contributed by atoms with Crippen molar-refractivity contribution < 1.29 is 9.25 Å². The van der Waals surface area contributed by atoms with E-state index in [-0.39, 0.29) is 12.1 Å². The fraction of sp³-hybridized carbons (Fsp3) is 0.0556. The second-order valence-electron chi connectivity index (χ2n) is 9.69. The fourth-order valence-corrected chi connectivity index (χ4v) is 5.52. The Morgan fingerprint density at radius 3 is 1.41 bits per heavy atom. The minimum atomic E-state index is -0.363. The van der Waals surface area contributed by atoms with Crippen LogP contribution in [0.1, 0.15) is 34.4 Å². The predicted octanol–water partition coefficient (Wildman–Crippen LogP) is 9.24. The molecule has 0 aliphatic carbocycles. The Balaban J connectivity index is 1.58. The smallest absolute Gasteiger partial charge is 0.141 e. The van der Waals surface area contributed by atoms with Crippen molar-refractivity contribution in [3.8, 4) is 22.6 Å². The van der Waals surface area contributed by atoms with Gasteiger partial charge in [0.2, 0.25) is 0 Å². The van der Waals surface area contributed by atoms with Gasteiger partial charge in [-0.25, -0.2) is 5.06 Å². The van der Waals surface area contributed by atoms with Crippen LogP contribution in [0.4, 0.5) is 5.69 Å². The van der Waals surface area contributed by atoms with Crippen molar-refractivity contribution in [2.75, 3.05) is 5.06 Å². The van der Waals surface area contributed by atoms with Crippen LogP contribution < -0.4 is 5.06 Å². The number of hydrogen-bond donors (Lipinski definition) is 0. The molecular weight excluding hydrogens is 478 g/mol. The zero-order valence-corrected chi connectivity index (χ0v) is 21.4. The van der Waals surface area contributed by atoms with E-state index in [9.17, 15) is 0 Å². The van der Waals surface area contributed by atoms with Crippen LogP contribution in [0.3, 0.4) is 0 Å². The first kappa shape index (κ1) is 23.3. The van der Waals surface area contributed by atoms with E-state index in [1.54, 1.807) is 0 Å². The van der Waals surface area contributed by atoms with E-state index >= 15 is 0 Å². The molecule has 6 aromatic rings. The average Bonchev–Trinajstić information content (AvgIpc) is 3.43. The Morgan fingerprint density at radius 1 is 0.436 bits per heavy atom. The largest absolute Gasteiger partial charge is 0.455 e. The van der Waals surface area contributed by atoms with Crippen molar-refractivity contribution in [2.24, 2.45) is 0 Å². The summed E-state index contributed by atoms with van der Waals surface area (Å²) in [5.41, 5.74) is 7.44. The molecule has 3 heteroatoms. The summed E-state index contributed by atoms with van der Waals surface area (Å²) in [6, 6.07) is 51.9. The molecule has 2 heterocycles. The van der Waals surface area contributed by atoms with E-state index in [1.165, 1.54) is 0 Å². The lowest BCUT2D eigenvalue weighted by Gasteiger charge is -2.41. The monoisotopic (exact) mass is 505 g/mol. The highest BCUT2D eigenvalue weighted by molar-refractivity contribution is 5.77. The van der Waals surface area contributed by atoms with Crippen LogP contribution in [-0.4, -0.2) is 0 Å². The van der Waals surface area contributed by atoms with E-state index in [0.717, 1.165) is 50.6 Å². The number of para-hydroxylation sites is 1. The van der Waals surface area contributed by atoms with Gasteiger partial charge in [0.15, 0.2) is 0 Å². The summed E-state index contributed by atoms with van der Waals surface area (Å²) < 4.78 is 6.92. The molecule has 1 aromatic heterocycles. The summed E-state index contributed by atoms with van der Waals surface area (Å²) >= 11 is 0. The van der Waals surface area contributed by atoms with Gasteiger partial charge in [0.1, 0.15) is 23.7 Å². The SMILES string of the molecule is c1ccc(-c2oc(-c3ccccc3)c3c2[C@H](c2ccccc2)ON(c2ccccc2)[C@@H]3c2ccccc2)cc1. The first-order valence-electron chi connectivity index (χ1n) is 13.3. The van der Waals surface area contributed by atoms with Crippen molar-refractivity contribution in [1.82, 2.24) is 0 Å². The lowest BCUT2D eigenvalue weighted by molar-refractivity contribution is 0.0315. The number of hydroxylamine groups is 1. The van der Waals surface area contributed by atoms with Gasteiger partial charge in [0.05, 0.1) is 5.69 Å². The number of hydrogen-bond acceptors (Lipinski definition) is 3. The Morgan fingerprint density at radius 2 is 0.872 bits per heavy atom. The zero-order chi connectivity index (χ0) is 26.0. The minimum Gasteiger partial charge on any atom is -0.455 e.